The third kappa shape index (κ3) is 5.92. The van der Waals surface area contributed by atoms with Crippen molar-refractivity contribution in [1.82, 2.24) is 9.80 Å². The third-order valence-electron chi connectivity index (χ3n) is 2.85. The second kappa shape index (κ2) is 6.70. The zero-order valence-corrected chi connectivity index (χ0v) is 11.2. The topological polar surface area (TPSA) is 65.1 Å². The Bertz CT molecular complexity index is 226. The van der Waals surface area contributed by atoms with Crippen LogP contribution in [-0.2, 0) is 0 Å². The molecule has 0 fully saturated rings. The molecule has 0 aliphatic rings. The molecule has 0 heterocycles. The second-order valence-electron chi connectivity index (χ2n) is 5.23. The Morgan fingerprint density at radius 1 is 1.19 bits per heavy atom. The van der Waals surface area contributed by atoms with Gasteiger partial charge in [-0.1, -0.05) is 19.0 Å². The molecular weight excluding hydrogens is 204 g/mol. The molecule has 0 aliphatic carbocycles. The summed E-state index contributed by atoms with van der Waals surface area (Å²) in [6.07, 6.45) is 0.882. The molecule has 0 aromatic heterocycles. The average Bonchev–Trinajstić information content (AvgIpc) is 2.22. The van der Waals surface area contributed by atoms with Crippen LogP contribution in [0.15, 0.2) is 5.16 Å². The van der Waals surface area contributed by atoms with Crippen molar-refractivity contribution < 1.29 is 5.21 Å². The predicted molar refractivity (Wildman–Crippen MR) is 67.9 cm³/mol. The number of likely N-dealkylation sites (N-methyl/N-ethyl adjacent to an activating group) is 2. The first-order chi connectivity index (χ1) is 7.29. The number of nitrogens with zero attached hydrogens (tertiary/aromatic N) is 3. The van der Waals surface area contributed by atoms with Gasteiger partial charge in [0.1, 0.15) is 5.84 Å². The number of hydrogen-bond acceptors (Lipinski definition) is 4. The maximum Gasteiger partial charge on any atom is 0.144 e. The summed E-state index contributed by atoms with van der Waals surface area (Å²) in [4.78, 5) is 4.41. The van der Waals surface area contributed by atoms with Crippen LogP contribution >= 0.6 is 0 Å². The highest BCUT2D eigenvalue weighted by molar-refractivity contribution is 5.85. The van der Waals surface area contributed by atoms with Gasteiger partial charge < -0.3 is 20.7 Å². The van der Waals surface area contributed by atoms with Gasteiger partial charge in [0.25, 0.3) is 0 Å². The van der Waals surface area contributed by atoms with Gasteiger partial charge in [-0.3, -0.25) is 0 Å². The molecule has 0 aromatic carbocycles. The monoisotopic (exact) mass is 230 g/mol. The highest BCUT2D eigenvalue weighted by Crippen LogP contribution is 2.20. The van der Waals surface area contributed by atoms with Crippen molar-refractivity contribution >= 4 is 5.84 Å². The zero-order chi connectivity index (χ0) is 12.8. The van der Waals surface area contributed by atoms with Gasteiger partial charge in [0.05, 0.1) is 0 Å². The SMILES string of the molecule is CN(C)CCN(C)CCC(C)(C)C(N)=NO. The predicted octanol–water partition coefficient (Wildman–Crippen LogP) is 0.643. The van der Waals surface area contributed by atoms with Crippen LogP contribution in [-0.4, -0.2) is 61.6 Å². The van der Waals surface area contributed by atoms with Gasteiger partial charge in [-0.25, -0.2) is 0 Å². The Balaban J connectivity index is 3.95. The normalized spacial score (nSPS) is 13.8. The van der Waals surface area contributed by atoms with E-state index in [1.54, 1.807) is 0 Å². The lowest BCUT2D eigenvalue weighted by molar-refractivity contribution is 0.253. The second-order valence-corrected chi connectivity index (χ2v) is 5.23. The zero-order valence-electron chi connectivity index (χ0n) is 11.2. The van der Waals surface area contributed by atoms with Crippen LogP contribution in [0.2, 0.25) is 0 Å². The van der Waals surface area contributed by atoms with Crippen molar-refractivity contribution in [2.24, 2.45) is 16.3 Å². The van der Waals surface area contributed by atoms with E-state index in [9.17, 15) is 0 Å². The smallest absolute Gasteiger partial charge is 0.144 e. The molecule has 0 amide bonds. The number of nitrogens with two attached hydrogens (primary N) is 1. The van der Waals surface area contributed by atoms with Gasteiger partial charge >= 0.3 is 0 Å². The molecule has 0 aromatic rings. The van der Waals surface area contributed by atoms with Gasteiger partial charge in [0.15, 0.2) is 0 Å². The largest absolute Gasteiger partial charge is 0.409 e. The lowest BCUT2D eigenvalue weighted by Gasteiger charge is -2.26. The number of rotatable bonds is 7. The highest BCUT2D eigenvalue weighted by Gasteiger charge is 2.23. The number of hydrogen-bond donors (Lipinski definition) is 2. The van der Waals surface area contributed by atoms with Crippen molar-refractivity contribution in [3.8, 4) is 0 Å². The highest BCUT2D eigenvalue weighted by atomic mass is 16.4. The summed E-state index contributed by atoms with van der Waals surface area (Å²) in [5.74, 6) is 0.300. The van der Waals surface area contributed by atoms with Crippen LogP contribution in [0.4, 0.5) is 0 Å². The van der Waals surface area contributed by atoms with Crippen LogP contribution in [0, 0.1) is 5.41 Å². The molecule has 3 N–H and O–H groups in total. The fraction of sp³-hybridized carbons (Fsp3) is 0.909. The molecule has 0 radical (unpaired) electrons. The van der Waals surface area contributed by atoms with E-state index in [2.05, 4.69) is 36.1 Å². The van der Waals surface area contributed by atoms with Gasteiger partial charge in [0, 0.05) is 18.5 Å². The Morgan fingerprint density at radius 3 is 2.19 bits per heavy atom. The molecule has 5 nitrogen and oxygen atoms in total. The van der Waals surface area contributed by atoms with Crippen LogP contribution in [0.5, 0.6) is 0 Å². The summed E-state index contributed by atoms with van der Waals surface area (Å²) in [7, 11) is 6.22. The fourth-order valence-corrected chi connectivity index (χ4v) is 1.22. The van der Waals surface area contributed by atoms with Crippen molar-refractivity contribution in [3.63, 3.8) is 0 Å². The van der Waals surface area contributed by atoms with Crippen LogP contribution in [0.25, 0.3) is 0 Å². The van der Waals surface area contributed by atoms with Gasteiger partial charge in [-0.2, -0.15) is 0 Å². The molecular formula is C11H26N4O. The van der Waals surface area contributed by atoms with E-state index in [4.69, 9.17) is 10.9 Å². The van der Waals surface area contributed by atoms with Gasteiger partial charge in [-0.05, 0) is 34.1 Å². The minimum Gasteiger partial charge on any atom is -0.409 e. The summed E-state index contributed by atoms with van der Waals surface area (Å²) < 4.78 is 0. The summed E-state index contributed by atoms with van der Waals surface area (Å²) >= 11 is 0. The minimum absolute atomic E-state index is 0.249. The summed E-state index contributed by atoms with van der Waals surface area (Å²) in [6.45, 7) is 6.99. The van der Waals surface area contributed by atoms with E-state index in [0.717, 1.165) is 26.1 Å². The van der Waals surface area contributed by atoms with Crippen molar-refractivity contribution in [2.45, 2.75) is 20.3 Å². The van der Waals surface area contributed by atoms with Gasteiger partial charge in [0.2, 0.25) is 0 Å². The number of oxime groups is 1. The molecule has 5 heteroatoms. The van der Waals surface area contributed by atoms with E-state index in [-0.39, 0.29) is 5.41 Å². The van der Waals surface area contributed by atoms with E-state index >= 15 is 0 Å². The molecule has 0 rings (SSSR count). The summed E-state index contributed by atoms with van der Waals surface area (Å²) in [6, 6.07) is 0. The van der Waals surface area contributed by atoms with Crippen LogP contribution in [0.1, 0.15) is 20.3 Å². The van der Waals surface area contributed by atoms with E-state index in [1.807, 2.05) is 13.8 Å². The van der Waals surface area contributed by atoms with Crippen molar-refractivity contribution in [1.29, 1.82) is 0 Å². The first-order valence-electron chi connectivity index (χ1n) is 5.61. The Labute approximate surface area is 98.9 Å². The number of amidine groups is 1. The molecule has 16 heavy (non-hydrogen) atoms. The maximum atomic E-state index is 8.65. The minimum atomic E-state index is -0.249. The third-order valence-corrected chi connectivity index (χ3v) is 2.85. The molecule has 0 atom stereocenters. The Morgan fingerprint density at radius 2 is 1.75 bits per heavy atom. The quantitative estimate of drug-likeness (QED) is 0.292. The van der Waals surface area contributed by atoms with Crippen LogP contribution < -0.4 is 5.73 Å². The molecule has 0 saturated carbocycles. The van der Waals surface area contributed by atoms with Crippen molar-refractivity contribution in [2.75, 3.05) is 40.8 Å². The first-order valence-corrected chi connectivity index (χ1v) is 5.61. The lowest BCUT2D eigenvalue weighted by Crippen LogP contribution is -2.36. The first kappa shape index (κ1) is 15.2. The van der Waals surface area contributed by atoms with E-state index in [1.165, 1.54) is 0 Å². The standard InChI is InChI=1S/C11H26N4O/c1-11(2,10(12)13-16)6-7-15(5)9-8-14(3)4/h16H,6-9H2,1-5H3,(H2,12,13). The average molecular weight is 230 g/mol. The molecule has 0 spiro atoms. The van der Waals surface area contributed by atoms with Gasteiger partial charge in [-0.15, -0.1) is 0 Å². The fourth-order valence-electron chi connectivity index (χ4n) is 1.22. The molecule has 0 bridgehead atoms. The molecule has 0 saturated heterocycles. The lowest BCUT2D eigenvalue weighted by atomic mass is 9.88. The summed E-state index contributed by atoms with van der Waals surface area (Å²) in [5.41, 5.74) is 5.38. The van der Waals surface area contributed by atoms with Crippen LogP contribution in [0.3, 0.4) is 0 Å². The Kier molecular flexibility index (Phi) is 6.36. The van der Waals surface area contributed by atoms with Crippen molar-refractivity contribution in [3.05, 3.63) is 0 Å². The maximum absolute atomic E-state index is 8.65. The molecule has 0 aliphatic heterocycles. The molecule has 96 valence electrons. The summed E-state index contributed by atoms with van der Waals surface area (Å²) in [5, 5.41) is 11.7. The molecule has 0 unspecified atom stereocenters. The van der Waals surface area contributed by atoms with E-state index in [0.29, 0.717) is 5.84 Å². The van der Waals surface area contributed by atoms with E-state index < -0.39 is 0 Å². The Hall–Kier alpha value is -0.810.